The molecule has 0 radical (unpaired) electrons. The van der Waals surface area contributed by atoms with Crippen LogP contribution in [0.25, 0.3) is 6.08 Å². The first kappa shape index (κ1) is 32.4. The Kier molecular flexibility index (Phi) is 11.8. The predicted molar refractivity (Wildman–Crippen MR) is 165 cm³/mol. The van der Waals surface area contributed by atoms with Crippen molar-refractivity contribution in [2.24, 2.45) is 17.3 Å². The first-order chi connectivity index (χ1) is 18.4. The first-order valence-corrected chi connectivity index (χ1v) is 16.0. The molecule has 216 valence electrons. The van der Waals surface area contributed by atoms with Crippen LogP contribution in [0.1, 0.15) is 80.2 Å². The molecule has 0 saturated heterocycles. The third kappa shape index (κ3) is 8.24. The van der Waals surface area contributed by atoms with E-state index in [0.29, 0.717) is 6.42 Å². The van der Waals surface area contributed by atoms with Crippen molar-refractivity contribution < 1.29 is 23.4 Å². The molecular weight excluding hydrogens is 570 g/mol. The maximum atomic E-state index is 13.7. The van der Waals surface area contributed by atoms with Crippen LogP contribution < -0.4 is 0 Å². The average molecular weight is 613 g/mol. The molecule has 7 atom stereocenters. The molecule has 0 N–H and O–H groups in total. The monoisotopic (exact) mass is 612 g/mol. The number of fused-ring (bicyclic) bond motifs is 1. The Morgan fingerprint density at radius 3 is 2.46 bits per heavy atom. The number of ketones is 1. The van der Waals surface area contributed by atoms with Crippen molar-refractivity contribution in [3.63, 3.8) is 0 Å². The molecule has 7 unspecified atom stereocenters. The summed E-state index contributed by atoms with van der Waals surface area (Å²) in [6, 6.07) is 0. The van der Waals surface area contributed by atoms with Crippen molar-refractivity contribution in [2.75, 3.05) is 0 Å². The maximum Gasteiger partial charge on any atom is 0.309 e. The van der Waals surface area contributed by atoms with Gasteiger partial charge in [-0.25, -0.2) is 9.97 Å². The van der Waals surface area contributed by atoms with Gasteiger partial charge in [0.15, 0.2) is 0 Å². The molecule has 0 fully saturated rings. The van der Waals surface area contributed by atoms with Gasteiger partial charge in [0.25, 0.3) is 0 Å². The Bertz CT molecular complexity index is 1180. The van der Waals surface area contributed by atoms with Gasteiger partial charge in [0.1, 0.15) is 11.9 Å². The molecule has 3 heterocycles. The molecule has 0 bridgehead atoms. The SMILES string of the molecule is C/C(=C\c1csc(C)n1)C1Cc2nc(C)sc2CCCC(C)C(OP)C(C)C(=O)C(C)(C)C(OP)CC(=O)O1. The van der Waals surface area contributed by atoms with Crippen molar-refractivity contribution in [2.45, 2.75) is 98.9 Å². The molecule has 2 aromatic rings. The number of aryl methyl sites for hydroxylation is 3. The van der Waals surface area contributed by atoms with E-state index in [9.17, 15) is 9.59 Å². The number of carbonyl (C=O) groups excluding carboxylic acids is 2. The molecule has 0 saturated carbocycles. The van der Waals surface area contributed by atoms with Crippen LogP contribution in [0, 0.1) is 31.1 Å². The van der Waals surface area contributed by atoms with Gasteiger partial charge in [-0.05, 0) is 57.6 Å². The lowest BCUT2D eigenvalue weighted by Crippen LogP contribution is -2.46. The van der Waals surface area contributed by atoms with Gasteiger partial charge in [0.05, 0.1) is 45.4 Å². The zero-order valence-electron chi connectivity index (χ0n) is 24.0. The van der Waals surface area contributed by atoms with Gasteiger partial charge in [-0.1, -0.05) is 27.7 Å². The van der Waals surface area contributed by atoms with Crippen LogP contribution in [0.15, 0.2) is 11.0 Å². The minimum atomic E-state index is -0.934. The van der Waals surface area contributed by atoms with E-state index in [2.05, 4.69) is 30.8 Å². The molecule has 0 aromatic carbocycles. The Balaban J connectivity index is 2.01. The number of esters is 1. The summed E-state index contributed by atoms with van der Waals surface area (Å²) in [5, 5.41) is 3.97. The molecule has 3 rings (SSSR count). The lowest BCUT2D eigenvalue weighted by molar-refractivity contribution is -0.152. The number of cyclic esters (lactones) is 1. The van der Waals surface area contributed by atoms with Gasteiger partial charge >= 0.3 is 5.97 Å². The number of thiazole rings is 2. The number of nitrogens with zero attached hydrogens (tertiary/aromatic N) is 2. The molecular formula is C28H42N2O5P2S2. The van der Waals surface area contributed by atoms with Crippen LogP contribution in [0.3, 0.4) is 0 Å². The first-order valence-electron chi connectivity index (χ1n) is 13.4. The maximum absolute atomic E-state index is 13.7. The van der Waals surface area contributed by atoms with Gasteiger partial charge in [0, 0.05) is 41.5 Å². The summed E-state index contributed by atoms with van der Waals surface area (Å²) in [7, 11) is 4.57. The van der Waals surface area contributed by atoms with Crippen LogP contribution in [-0.2, 0) is 36.2 Å². The third-order valence-electron chi connectivity index (χ3n) is 7.70. The van der Waals surface area contributed by atoms with Gasteiger partial charge in [-0.3, -0.25) is 9.59 Å². The smallest absolute Gasteiger partial charge is 0.309 e. The normalized spacial score (nSPS) is 27.7. The lowest BCUT2D eigenvalue weighted by atomic mass is 9.73. The summed E-state index contributed by atoms with van der Waals surface area (Å²) >= 11 is 3.28. The third-order valence-corrected chi connectivity index (χ3v) is 10.2. The molecule has 0 aliphatic carbocycles. The number of hydrogen-bond acceptors (Lipinski definition) is 9. The van der Waals surface area contributed by atoms with E-state index >= 15 is 0 Å². The van der Waals surface area contributed by atoms with E-state index in [-0.39, 0.29) is 30.1 Å². The zero-order chi connectivity index (χ0) is 28.9. The van der Waals surface area contributed by atoms with Crippen LogP contribution >= 0.6 is 41.6 Å². The molecule has 1 aliphatic rings. The molecule has 11 heteroatoms. The Morgan fingerprint density at radius 1 is 1.13 bits per heavy atom. The van der Waals surface area contributed by atoms with Gasteiger partial charge < -0.3 is 13.8 Å². The van der Waals surface area contributed by atoms with Gasteiger partial charge in [-0.15, -0.1) is 22.7 Å². The van der Waals surface area contributed by atoms with E-state index in [0.717, 1.165) is 46.2 Å². The lowest BCUT2D eigenvalue weighted by Gasteiger charge is -2.37. The zero-order valence-corrected chi connectivity index (χ0v) is 27.9. The van der Waals surface area contributed by atoms with Crippen LogP contribution in [0.5, 0.6) is 0 Å². The largest absolute Gasteiger partial charge is 0.457 e. The highest BCUT2D eigenvalue weighted by molar-refractivity contribution is 7.11. The summed E-state index contributed by atoms with van der Waals surface area (Å²) in [5.74, 6) is -0.626. The van der Waals surface area contributed by atoms with Crippen molar-refractivity contribution in [3.8, 4) is 0 Å². The summed E-state index contributed by atoms with van der Waals surface area (Å²) in [4.78, 5) is 37.7. The van der Waals surface area contributed by atoms with E-state index in [4.69, 9.17) is 18.8 Å². The number of rotatable bonds is 4. The minimum Gasteiger partial charge on any atom is -0.457 e. The topological polar surface area (TPSA) is 87.6 Å². The van der Waals surface area contributed by atoms with Crippen LogP contribution in [0.4, 0.5) is 0 Å². The number of Topliss-reactive ketones (excluding diaryl/α,β-unsaturated/α-hetero) is 1. The van der Waals surface area contributed by atoms with Crippen molar-refractivity contribution in [1.29, 1.82) is 0 Å². The van der Waals surface area contributed by atoms with Crippen molar-refractivity contribution in [3.05, 3.63) is 37.2 Å². The molecule has 39 heavy (non-hydrogen) atoms. The molecule has 1 aliphatic heterocycles. The van der Waals surface area contributed by atoms with E-state index in [1.54, 1.807) is 22.7 Å². The summed E-state index contributed by atoms with van der Waals surface area (Å²) in [6.45, 7) is 13.7. The molecule has 2 aromatic heterocycles. The standard InChI is InChI=1S/C28H42N2O5P2S2/c1-15-9-8-10-23-21(30-19(5)39-23)12-22(16(2)11-20-14-38-18(4)29-20)33-25(31)13-24(34-36)28(6,7)27(32)17(3)26(15)35-37/h11,14-15,17,22,24,26H,8-10,12-13,36-37H2,1-7H3/b16-11+. The van der Waals surface area contributed by atoms with E-state index in [1.165, 1.54) is 4.88 Å². The Morgan fingerprint density at radius 2 is 1.85 bits per heavy atom. The quantitative estimate of drug-likeness (QED) is 0.280. The second-order valence-electron chi connectivity index (χ2n) is 11.1. The number of hydrogen-bond donors (Lipinski definition) is 0. The molecule has 7 nitrogen and oxygen atoms in total. The summed E-state index contributed by atoms with van der Waals surface area (Å²) in [6.07, 6.45) is 3.68. The molecule has 0 spiro atoms. The fourth-order valence-electron chi connectivity index (χ4n) is 5.33. The van der Waals surface area contributed by atoms with Crippen molar-refractivity contribution >= 4 is 59.4 Å². The number of aromatic nitrogens is 2. The van der Waals surface area contributed by atoms with E-state index < -0.39 is 23.6 Å². The second-order valence-corrected chi connectivity index (χ2v) is 14.0. The second kappa shape index (κ2) is 14.2. The summed E-state index contributed by atoms with van der Waals surface area (Å²) < 4.78 is 17.6. The minimum absolute atomic E-state index is 0.000963. The van der Waals surface area contributed by atoms with Crippen LogP contribution in [-0.4, -0.2) is 40.0 Å². The fourth-order valence-corrected chi connectivity index (χ4v) is 7.85. The van der Waals surface area contributed by atoms with Crippen LogP contribution in [0.2, 0.25) is 0 Å². The van der Waals surface area contributed by atoms with Crippen molar-refractivity contribution in [1.82, 2.24) is 9.97 Å². The number of ether oxygens (including phenoxy) is 1. The highest BCUT2D eigenvalue weighted by Crippen LogP contribution is 2.36. The van der Waals surface area contributed by atoms with E-state index in [1.807, 2.05) is 53.0 Å². The average Bonchev–Trinajstić information content (AvgIpc) is 3.44. The predicted octanol–water partition coefficient (Wildman–Crippen LogP) is 6.72. The van der Waals surface area contributed by atoms with Gasteiger partial charge in [-0.2, -0.15) is 0 Å². The fraction of sp³-hybridized carbons (Fsp3) is 0.643. The number of carbonyl (C=O) groups is 2. The highest BCUT2D eigenvalue weighted by atomic mass is 32.1. The molecule has 0 amide bonds. The Labute approximate surface area is 245 Å². The Hall–Kier alpha value is -1.08. The van der Waals surface area contributed by atoms with Gasteiger partial charge in [0.2, 0.25) is 0 Å². The summed E-state index contributed by atoms with van der Waals surface area (Å²) in [5.41, 5.74) is 1.78. The highest BCUT2D eigenvalue weighted by Gasteiger charge is 2.44.